The lowest BCUT2D eigenvalue weighted by Gasteiger charge is -2.18. The first-order valence-electron chi connectivity index (χ1n) is 19.4. The van der Waals surface area contributed by atoms with Crippen LogP contribution in [0, 0.1) is 0 Å². The molecule has 2 aromatic heterocycles. The van der Waals surface area contributed by atoms with Gasteiger partial charge in [0.2, 0.25) is 0 Å². The fourth-order valence-corrected chi connectivity index (χ4v) is 7.22. The molecule has 12 nitrogen and oxygen atoms in total. The molecule has 21 heteroatoms. The first-order chi connectivity index (χ1) is 30.6. The van der Waals surface area contributed by atoms with E-state index in [1.807, 2.05) is 0 Å². The van der Waals surface area contributed by atoms with Crippen molar-refractivity contribution >= 4 is 46.3 Å². The maximum atomic E-state index is 13.0. The predicted molar refractivity (Wildman–Crippen MR) is 231 cm³/mol. The Kier molecular flexibility index (Phi) is 15.0. The Bertz CT molecular complexity index is 2640. The number of aromatic nitrogens is 4. The van der Waals surface area contributed by atoms with Crippen LogP contribution in [0.5, 0.6) is 11.5 Å². The third kappa shape index (κ3) is 12.2. The van der Waals surface area contributed by atoms with E-state index in [1.54, 1.807) is 88.9 Å². The minimum Gasteiger partial charge on any atom is -0.445 e. The zero-order valence-electron chi connectivity index (χ0n) is 34.8. The zero-order chi connectivity index (χ0) is 47.4. The summed E-state index contributed by atoms with van der Waals surface area (Å²) in [5.74, 6) is -0.714. The van der Waals surface area contributed by atoms with Crippen molar-refractivity contribution in [2.45, 2.75) is 50.6 Å². The van der Waals surface area contributed by atoms with Crippen LogP contribution in [0.3, 0.4) is 0 Å². The van der Waals surface area contributed by atoms with Gasteiger partial charge in [0, 0.05) is 86.2 Å². The van der Waals surface area contributed by atoms with Crippen molar-refractivity contribution in [1.82, 2.24) is 29.4 Å². The Hall–Kier alpha value is -5.95. The molecule has 2 heterocycles. The second kappa shape index (κ2) is 20.1. The lowest BCUT2D eigenvalue weighted by Crippen LogP contribution is -2.28. The second-order valence-electron chi connectivity index (χ2n) is 14.9. The van der Waals surface area contributed by atoms with E-state index in [4.69, 9.17) is 39.5 Å². The van der Waals surface area contributed by atoms with Crippen LogP contribution in [-0.2, 0) is 30.4 Å². The van der Waals surface area contributed by atoms with Gasteiger partial charge in [-0.15, -0.1) is 26.3 Å². The molecule has 2 unspecified atom stereocenters. The zero-order valence-corrected chi connectivity index (χ0v) is 37.1. The summed E-state index contributed by atoms with van der Waals surface area (Å²) >= 11 is 16.9. The Labute approximate surface area is 383 Å². The third-order valence-electron chi connectivity index (χ3n) is 9.71. The number of amides is 2. The fourth-order valence-electron chi connectivity index (χ4n) is 6.97. The minimum absolute atomic E-state index is 0.144. The van der Waals surface area contributed by atoms with Gasteiger partial charge in [0.25, 0.3) is 0 Å². The van der Waals surface area contributed by atoms with E-state index in [0.717, 1.165) is 16.7 Å². The van der Waals surface area contributed by atoms with Gasteiger partial charge in [0.1, 0.15) is 17.5 Å². The van der Waals surface area contributed by atoms with Crippen LogP contribution in [-0.4, -0.2) is 99.1 Å². The number of aliphatic hydroxyl groups excluding tert-OH is 1. The number of rotatable bonds is 7. The number of alkyl halides is 6. The molecular formula is C44H39Cl3F6N6O6. The van der Waals surface area contributed by atoms with Gasteiger partial charge in [-0.3, -0.25) is 4.79 Å². The second-order valence-corrected chi connectivity index (χ2v) is 16.1. The maximum Gasteiger partial charge on any atom is 0.573 e. The summed E-state index contributed by atoms with van der Waals surface area (Å²) in [5.41, 5.74) is 5.90. The standard InChI is InChI=1S/C22H19ClF3N3O3.C19H14ClF3N2O2.C3H6ClNO/c1-28(2)21(30)31-15-11-16-17(12-15)27-29(20(16)13-7-9-14(23)10-8-13)18-5-3-4-6-19(18)32-22(24,25)26;20-12-7-5-11(6-8-12)18-14-9-13(26)10-15(14)24-25(18)16-3-1-2-4-17(16)27-19(21,22)23;1-5(2)3(4)6/h3-10,15H,11-12H2,1-2H3;1-8,13,26H,9-10H2;1-2H3. The molecule has 2 amide bonds. The molecular weight excluding hydrogens is 929 g/mol. The molecule has 0 fully saturated rings. The summed E-state index contributed by atoms with van der Waals surface area (Å²) in [6, 6.07) is 25.5. The van der Waals surface area contributed by atoms with Crippen LogP contribution < -0.4 is 9.47 Å². The molecule has 344 valence electrons. The largest absolute Gasteiger partial charge is 0.573 e. The molecule has 4 aromatic carbocycles. The normalized spacial score (nSPS) is 15.1. The summed E-state index contributed by atoms with van der Waals surface area (Å²) < 4.78 is 94.2. The molecule has 8 rings (SSSR count). The van der Waals surface area contributed by atoms with Gasteiger partial charge < -0.3 is 29.1 Å². The van der Waals surface area contributed by atoms with Crippen molar-refractivity contribution in [1.29, 1.82) is 0 Å². The fraction of sp³-hybridized carbons (Fsp3) is 0.273. The maximum absolute atomic E-state index is 13.0. The Morgan fingerprint density at radius 1 is 0.631 bits per heavy atom. The smallest absolute Gasteiger partial charge is 0.445 e. The van der Waals surface area contributed by atoms with Gasteiger partial charge in [0.15, 0.2) is 11.5 Å². The molecule has 0 aliphatic heterocycles. The number of para-hydroxylation sites is 4. The lowest BCUT2D eigenvalue weighted by atomic mass is 10.1. The summed E-state index contributed by atoms with van der Waals surface area (Å²) in [7, 11) is 6.37. The van der Waals surface area contributed by atoms with Gasteiger partial charge in [-0.1, -0.05) is 71.7 Å². The van der Waals surface area contributed by atoms with Crippen molar-refractivity contribution in [3.63, 3.8) is 0 Å². The first kappa shape index (κ1) is 48.5. The number of fused-ring (bicyclic) bond motifs is 2. The number of hydrogen-bond acceptors (Lipinski definition) is 8. The van der Waals surface area contributed by atoms with Crippen LogP contribution in [0.25, 0.3) is 33.9 Å². The van der Waals surface area contributed by atoms with Gasteiger partial charge in [-0.05, 0) is 60.1 Å². The van der Waals surface area contributed by atoms with E-state index in [-0.39, 0.29) is 22.9 Å². The van der Waals surface area contributed by atoms with Gasteiger partial charge >= 0.3 is 24.2 Å². The molecule has 0 bridgehead atoms. The summed E-state index contributed by atoms with van der Waals surface area (Å²) in [4.78, 5) is 24.4. The SMILES string of the molecule is CN(C)C(=O)Cl.CN(C)C(=O)OC1Cc2nn(-c3ccccc3OC(F)(F)F)c(-c3ccc(Cl)cc3)c2C1.OC1Cc2nn(-c3ccccc3OC(F)(F)F)c(-c3ccc(Cl)cc3)c2C1. The van der Waals surface area contributed by atoms with Crippen LogP contribution in [0.4, 0.5) is 35.9 Å². The van der Waals surface area contributed by atoms with Crippen LogP contribution in [0.2, 0.25) is 10.0 Å². The number of aliphatic hydroxyl groups is 1. The van der Waals surface area contributed by atoms with E-state index in [0.29, 0.717) is 64.1 Å². The molecule has 2 aliphatic carbocycles. The summed E-state index contributed by atoms with van der Waals surface area (Å²) in [6.07, 6.45) is -9.62. The van der Waals surface area contributed by atoms with E-state index in [2.05, 4.69) is 19.7 Å². The average Bonchev–Trinajstić information content (AvgIpc) is 3.97. The van der Waals surface area contributed by atoms with Crippen LogP contribution in [0.1, 0.15) is 22.5 Å². The highest BCUT2D eigenvalue weighted by atomic mass is 35.5. The highest BCUT2D eigenvalue weighted by Crippen LogP contribution is 2.40. The van der Waals surface area contributed by atoms with Gasteiger partial charge in [-0.25, -0.2) is 14.2 Å². The number of carbonyl (C=O) groups excluding carboxylic acids is 2. The Balaban J connectivity index is 0.000000193. The van der Waals surface area contributed by atoms with Crippen molar-refractivity contribution in [3.8, 4) is 45.4 Å². The average molecular weight is 968 g/mol. The molecule has 2 aliphatic rings. The minimum atomic E-state index is -4.85. The monoisotopic (exact) mass is 966 g/mol. The number of carbonyl (C=O) groups is 2. The molecule has 1 N–H and O–H groups in total. The van der Waals surface area contributed by atoms with Crippen LogP contribution >= 0.6 is 34.8 Å². The molecule has 0 spiro atoms. The molecule has 0 saturated carbocycles. The Morgan fingerprint density at radius 2 is 1.03 bits per heavy atom. The number of benzene rings is 4. The van der Waals surface area contributed by atoms with Crippen molar-refractivity contribution < 1.29 is 55.2 Å². The first-order valence-corrected chi connectivity index (χ1v) is 20.6. The van der Waals surface area contributed by atoms with E-state index >= 15 is 0 Å². The molecule has 2 atom stereocenters. The van der Waals surface area contributed by atoms with Gasteiger partial charge in [0.05, 0.1) is 28.9 Å². The van der Waals surface area contributed by atoms with Gasteiger partial charge in [-0.2, -0.15) is 10.2 Å². The van der Waals surface area contributed by atoms with E-state index in [1.165, 1.54) is 55.6 Å². The van der Waals surface area contributed by atoms with Crippen molar-refractivity contribution in [3.05, 3.63) is 130 Å². The quantitative estimate of drug-likeness (QED) is 0.0953. The number of halogens is 9. The number of hydrogen-bond donors (Lipinski definition) is 1. The van der Waals surface area contributed by atoms with E-state index in [9.17, 15) is 41.0 Å². The third-order valence-corrected chi connectivity index (χ3v) is 10.6. The van der Waals surface area contributed by atoms with Crippen molar-refractivity contribution in [2.24, 2.45) is 0 Å². The highest BCUT2D eigenvalue weighted by molar-refractivity contribution is 6.62. The predicted octanol–water partition coefficient (Wildman–Crippen LogP) is 10.7. The molecule has 65 heavy (non-hydrogen) atoms. The summed E-state index contributed by atoms with van der Waals surface area (Å²) in [5, 5.41) is 19.7. The molecule has 6 aromatic rings. The Morgan fingerprint density at radius 3 is 1.43 bits per heavy atom. The van der Waals surface area contributed by atoms with E-state index < -0.39 is 36.4 Å². The molecule has 0 radical (unpaired) electrons. The number of nitrogens with zero attached hydrogens (tertiary/aromatic N) is 6. The molecule has 0 saturated heterocycles. The lowest BCUT2D eigenvalue weighted by molar-refractivity contribution is -0.275. The van der Waals surface area contributed by atoms with Crippen LogP contribution in [0.15, 0.2) is 97.1 Å². The van der Waals surface area contributed by atoms with Crippen molar-refractivity contribution in [2.75, 3.05) is 28.2 Å². The topological polar surface area (TPSA) is 124 Å². The number of ether oxygens (including phenoxy) is 3. The summed E-state index contributed by atoms with van der Waals surface area (Å²) in [6.45, 7) is 0. The highest BCUT2D eigenvalue weighted by Gasteiger charge is 2.37.